The van der Waals surface area contributed by atoms with Gasteiger partial charge in [0.05, 0.1) is 31.2 Å². The average Bonchev–Trinajstić information content (AvgIpc) is 2.55. The van der Waals surface area contributed by atoms with Gasteiger partial charge in [0.25, 0.3) is 11.8 Å². The summed E-state index contributed by atoms with van der Waals surface area (Å²) in [5.41, 5.74) is -0.268. The predicted molar refractivity (Wildman–Crippen MR) is 64.1 cm³/mol. The van der Waals surface area contributed by atoms with E-state index < -0.39 is 18.5 Å². The maximum atomic E-state index is 11.8. The molecule has 2 rings (SSSR count). The second-order valence-electron chi connectivity index (χ2n) is 3.19. The molecule has 0 atom stereocenters. The van der Waals surface area contributed by atoms with Crippen molar-refractivity contribution in [2.75, 3.05) is 6.73 Å². The van der Waals surface area contributed by atoms with Crippen molar-refractivity contribution in [2.45, 2.75) is 0 Å². The summed E-state index contributed by atoms with van der Waals surface area (Å²) in [5.74, 6) is -1.50. The number of benzene rings is 1. The minimum atomic E-state index is -0.770. The van der Waals surface area contributed by atoms with E-state index in [1.807, 2.05) is 0 Å². The summed E-state index contributed by atoms with van der Waals surface area (Å²) < 4.78 is 0. The normalized spacial score (nSPS) is 14.5. The minimum absolute atomic E-state index is 0.0991. The first-order valence-electron chi connectivity index (χ1n) is 4.24. The van der Waals surface area contributed by atoms with E-state index in [2.05, 4.69) is 0 Å². The molecule has 0 aromatic heterocycles. The van der Waals surface area contributed by atoms with Gasteiger partial charge < -0.3 is 5.11 Å². The summed E-state index contributed by atoms with van der Waals surface area (Å²) in [5, 5.41) is 8.44. The number of rotatable bonds is 1. The summed E-state index contributed by atoms with van der Waals surface area (Å²) in [6.07, 6.45) is 0. The van der Waals surface area contributed by atoms with Gasteiger partial charge in [-0.1, -0.05) is 46.4 Å². The molecule has 17 heavy (non-hydrogen) atoms. The number of carbonyl (C=O) groups is 2. The van der Waals surface area contributed by atoms with Crippen molar-refractivity contribution < 1.29 is 14.7 Å². The van der Waals surface area contributed by atoms with Crippen LogP contribution in [-0.4, -0.2) is 28.6 Å². The van der Waals surface area contributed by atoms with Crippen LogP contribution in [0.1, 0.15) is 20.7 Å². The molecule has 1 heterocycles. The maximum Gasteiger partial charge on any atom is 0.265 e. The molecule has 1 aromatic carbocycles. The van der Waals surface area contributed by atoms with Crippen molar-refractivity contribution in [3.63, 3.8) is 0 Å². The van der Waals surface area contributed by atoms with Gasteiger partial charge in [0.2, 0.25) is 0 Å². The first kappa shape index (κ1) is 12.9. The van der Waals surface area contributed by atoms with Crippen LogP contribution >= 0.6 is 46.4 Å². The average molecular weight is 315 g/mol. The molecule has 1 aliphatic heterocycles. The molecule has 0 saturated carbocycles. The Morgan fingerprint density at radius 1 is 0.824 bits per heavy atom. The van der Waals surface area contributed by atoms with Gasteiger partial charge in [-0.15, -0.1) is 0 Å². The number of fused-ring (bicyclic) bond motifs is 1. The van der Waals surface area contributed by atoms with E-state index in [0.29, 0.717) is 4.90 Å². The smallest absolute Gasteiger partial charge is 0.265 e. The quantitative estimate of drug-likeness (QED) is 0.492. The third-order valence-corrected chi connectivity index (χ3v) is 4.13. The van der Waals surface area contributed by atoms with Gasteiger partial charge in [-0.25, -0.2) is 0 Å². The van der Waals surface area contributed by atoms with Crippen molar-refractivity contribution in [1.82, 2.24) is 4.90 Å². The zero-order chi connectivity index (χ0) is 12.9. The van der Waals surface area contributed by atoms with E-state index >= 15 is 0 Å². The molecular formula is C9H3Cl4NO3. The topological polar surface area (TPSA) is 57.6 Å². The molecule has 2 amide bonds. The summed E-state index contributed by atoms with van der Waals surface area (Å²) in [4.78, 5) is 24.1. The van der Waals surface area contributed by atoms with E-state index in [1.54, 1.807) is 0 Å². The number of carbonyl (C=O) groups excluding carboxylic acids is 2. The molecule has 1 aliphatic rings. The Hall–Kier alpha value is -0.520. The Bertz CT molecular complexity index is 511. The highest BCUT2D eigenvalue weighted by Crippen LogP contribution is 2.44. The third kappa shape index (κ3) is 1.63. The number of hydrogen-bond acceptors (Lipinski definition) is 3. The lowest BCUT2D eigenvalue weighted by Crippen LogP contribution is -2.30. The van der Waals surface area contributed by atoms with Crippen molar-refractivity contribution in [1.29, 1.82) is 0 Å². The van der Waals surface area contributed by atoms with Crippen LogP contribution in [0.25, 0.3) is 0 Å². The second kappa shape index (κ2) is 4.30. The fourth-order valence-electron chi connectivity index (χ4n) is 1.52. The molecule has 0 spiro atoms. The number of amides is 2. The first-order valence-corrected chi connectivity index (χ1v) is 5.76. The Morgan fingerprint density at radius 2 is 1.18 bits per heavy atom. The van der Waals surface area contributed by atoms with Gasteiger partial charge in [-0.3, -0.25) is 14.5 Å². The molecule has 0 bridgehead atoms. The highest BCUT2D eigenvalue weighted by molar-refractivity contribution is 6.55. The lowest BCUT2D eigenvalue weighted by atomic mass is 10.1. The molecule has 1 N–H and O–H groups in total. The van der Waals surface area contributed by atoms with Crippen LogP contribution in [0.4, 0.5) is 0 Å². The summed E-state index contributed by atoms with van der Waals surface area (Å²) in [7, 11) is 0. The van der Waals surface area contributed by atoms with Crippen LogP contribution in [0.15, 0.2) is 0 Å². The number of hydrogen-bond donors (Lipinski definition) is 1. The molecule has 0 radical (unpaired) electrons. The molecule has 0 saturated heterocycles. The van der Waals surface area contributed by atoms with Crippen molar-refractivity contribution in [3.05, 3.63) is 31.2 Å². The molecule has 90 valence electrons. The molecule has 0 fully saturated rings. The monoisotopic (exact) mass is 313 g/mol. The Kier molecular flexibility index (Phi) is 3.27. The van der Waals surface area contributed by atoms with Crippen molar-refractivity contribution >= 4 is 58.2 Å². The molecule has 8 heteroatoms. The Labute approximate surface area is 116 Å². The van der Waals surface area contributed by atoms with Crippen LogP contribution in [-0.2, 0) is 0 Å². The van der Waals surface area contributed by atoms with Crippen molar-refractivity contribution in [2.24, 2.45) is 0 Å². The van der Waals surface area contributed by atoms with Crippen LogP contribution in [0.5, 0.6) is 0 Å². The van der Waals surface area contributed by atoms with Gasteiger partial charge in [-0.05, 0) is 0 Å². The highest BCUT2D eigenvalue weighted by Gasteiger charge is 2.41. The predicted octanol–water partition coefficient (Wildman–Crippen LogP) is 2.85. The van der Waals surface area contributed by atoms with E-state index in [1.165, 1.54) is 0 Å². The maximum absolute atomic E-state index is 11.8. The second-order valence-corrected chi connectivity index (χ2v) is 4.70. The lowest BCUT2D eigenvalue weighted by Gasteiger charge is -2.07. The van der Waals surface area contributed by atoms with Crippen LogP contribution in [0, 0.1) is 0 Å². The molecule has 1 aromatic rings. The van der Waals surface area contributed by atoms with Gasteiger partial charge in [-0.2, -0.15) is 0 Å². The van der Waals surface area contributed by atoms with E-state index in [4.69, 9.17) is 51.5 Å². The number of nitrogens with zero attached hydrogens (tertiary/aromatic N) is 1. The third-order valence-electron chi connectivity index (χ3n) is 2.33. The van der Waals surface area contributed by atoms with Gasteiger partial charge in [0.15, 0.2) is 0 Å². The standard InChI is InChI=1S/C9H3Cl4NO3/c10-4-2-3(5(11)7(13)6(4)12)9(17)14(1-15)8(2)16/h15H,1H2. The fraction of sp³-hybridized carbons (Fsp3) is 0.111. The van der Waals surface area contributed by atoms with Gasteiger partial charge >= 0.3 is 0 Å². The van der Waals surface area contributed by atoms with Crippen LogP contribution < -0.4 is 0 Å². The molecule has 4 nitrogen and oxygen atoms in total. The largest absolute Gasteiger partial charge is 0.376 e. The zero-order valence-electron chi connectivity index (χ0n) is 7.93. The highest BCUT2D eigenvalue weighted by atomic mass is 35.5. The number of halogens is 4. The molecule has 0 unspecified atom stereocenters. The zero-order valence-corrected chi connectivity index (χ0v) is 11.0. The summed E-state index contributed by atoms with van der Waals surface area (Å²) in [6, 6.07) is 0. The van der Waals surface area contributed by atoms with Crippen molar-refractivity contribution in [3.8, 4) is 0 Å². The van der Waals surface area contributed by atoms with E-state index in [0.717, 1.165) is 0 Å². The van der Waals surface area contributed by atoms with Gasteiger partial charge in [0.1, 0.15) is 6.73 Å². The number of imide groups is 1. The molecule has 0 aliphatic carbocycles. The number of aliphatic hydroxyl groups is 1. The Morgan fingerprint density at radius 3 is 1.47 bits per heavy atom. The van der Waals surface area contributed by atoms with E-state index in [9.17, 15) is 9.59 Å². The number of aliphatic hydroxyl groups excluding tert-OH is 1. The first-order chi connectivity index (χ1) is 7.91. The molecular weight excluding hydrogens is 312 g/mol. The SMILES string of the molecule is O=C1c2c(Cl)c(Cl)c(Cl)c(Cl)c2C(=O)N1CO. The fourth-order valence-corrected chi connectivity index (χ4v) is 2.54. The van der Waals surface area contributed by atoms with Crippen LogP contribution in [0.2, 0.25) is 20.1 Å². The Balaban J connectivity index is 2.84. The van der Waals surface area contributed by atoms with Gasteiger partial charge in [0, 0.05) is 0 Å². The van der Waals surface area contributed by atoms with E-state index in [-0.39, 0.29) is 31.2 Å². The van der Waals surface area contributed by atoms with Crippen LogP contribution in [0.3, 0.4) is 0 Å². The summed E-state index contributed by atoms with van der Waals surface area (Å²) in [6.45, 7) is -0.770. The summed E-state index contributed by atoms with van der Waals surface area (Å²) >= 11 is 23.2. The minimum Gasteiger partial charge on any atom is -0.376 e. The lowest BCUT2D eigenvalue weighted by molar-refractivity contribution is 0.0490.